The minimum atomic E-state index is -2.63. The quantitative estimate of drug-likeness (QED) is 0.0802. The first-order valence-electron chi connectivity index (χ1n) is 13.3. The second-order valence-electron chi connectivity index (χ2n) is 9.88. The van der Waals surface area contributed by atoms with Gasteiger partial charge in [0.2, 0.25) is 0 Å². The predicted molar refractivity (Wildman–Crippen MR) is 145 cm³/mol. The van der Waals surface area contributed by atoms with E-state index in [9.17, 15) is 9.90 Å². The number of hydrogen-bond acceptors (Lipinski definition) is 5. The molecule has 2 rings (SSSR count). The van der Waals surface area contributed by atoms with Crippen molar-refractivity contribution in [3.8, 4) is 0 Å². The van der Waals surface area contributed by atoms with Crippen LogP contribution in [0.2, 0.25) is 13.3 Å². The number of methoxy groups -OCH3 is 2. The monoisotopic (exact) mass is 597 g/mol. The molecule has 0 bridgehead atoms. The molecule has 1 aliphatic heterocycles. The van der Waals surface area contributed by atoms with Gasteiger partial charge in [-0.3, -0.25) is 0 Å². The maximum atomic E-state index is 12.6. The van der Waals surface area contributed by atoms with Gasteiger partial charge in [-0.05, 0) is 0 Å². The molecule has 2 N–H and O–H groups in total. The fourth-order valence-corrected chi connectivity index (χ4v) is 19.5. The zero-order valence-electron chi connectivity index (χ0n) is 22.6. The second kappa shape index (κ2) is 14.1. The van der Waals surface area contributed by atoms with E-state index < -0.39 is 42.0 Å². The number of rotatable bonds is 16. The summed E-state index contributed by atoms with van der Waals surface area (Å²) in [6.07, 6.45) is 16.8. The van der Waals surface area contributed by atoms with Gasteiger partial charge in [0.1, 0.15) is 0 Å². The summed E-state index contributed by atoms with van der Waals surface area (Å²) in [5.74, 6) is -1.58. The fourth-order valence-electron chi connectivity index (χ4n) is 5.07. The number of hydrogen-bond donors (Lipinski definition) is 2. The first-order chi connectivity index (χ1) is 16.8. The third-order valence-electron chi connectivity index (χ3n) is 7.28. The van der Waals surface area contributed by atoms with Gasteiger partial charge in [-0.15, -0.1) is 0 Å². The molecular formula is C28H47NO5Sn. The van der Waals surface area contributed by atoms with Crippen LogP contribution in [0.5, 0.6) is 0 Å². The summed E-state index contributed by atoms with van der Waals surface area (Å²) in [6, 6.07) is 0. The molecule has 3 atom stereocenters. The van der Waals surface area contributed by atoms with Crippen LogP contribution in [0, 0.1) is 0 Å². The molecule has 2 aliphatic rings. The molecule has 6 nitrogen and oxygen atoms in total. The van der Waals surface area contributed by atoms with E-state index >= 15 is 0 Å². The van der Waals surface area contributed by atoms with Crippen LogP contribution >= 0.6 is 0 Å². The average Bonchev–Trinajstić information content (AvgIpc) is 3.67. The van der Waals surface area contributed by atoms with Crippen molar-refractivity contribution < 1.29 is 24.1 Å². The summed E-state index contributed by atoms with van der Waals surface area (Å²) < 4.78 is 23.8. The SMILES string of the molecule is C/C=C/C=C/C(=O)NC1=C[C@](O)(/C=[CH]/[Sn]([CH2]CCC)([CH2]CCC)[CH2]CCC)[C@H]2O[C@H]2C1(OC)OC. The third-order valence-corrected chi connectivity index (χ3v) is 21.3. The molecule has 0 spiro atoms. The standard InChI is InChI=1S/C16H20NO5.3C4H9.Sn/c1-5-7-8-9-12(18)17-11-10-15(19,6-2)13-14(22-13)16(11,20-3)21-4;3*1-3-4-2;/h2,5-10,13-14,19H,1,3-4H3,(H,17,18);3*1,3-4H2,2H3;/b6-2?,7-5+,9-8+;;;;/t13-,14+,15+;;;;/m0..../s1. The molecule has 0 aromatic rings. The van der Waals surface area contributed by atoms with Gasteiger partial charge >= 0.3 is 217 Å². The Morgan fingerprint density at radius 3 is 2.11 bits per heavy atom. The predicted octanol–water partition coefficient (Wildman–Crippen LogP) is 5.56. The van der Waals surface area contributed by atoms with Crippen molar-refractivity contribution in [2.45, 2.75) is 103 Å². The summed E-state index contributed by atoms with van der Waals surface area (Å²) in [5, 5.41) is 14.7. The Hall–Kier alpha value is -0.931. The van der Waals surface area contributed by atoms with Crippen molar-refractivity contribution in [3.05, 3.63) is 46.2 Å². The number of fused-ring (bicyclic) bond motifs is 1. The number of allylic oxidation sites excluding steroid dienone is 3. The van der Waals surface area contributed by atoms with Crippen molar-refractivity contribution in [3.63, 3.8) is 0 Å². The number of epoxide rings is 1. The van der Waals surface area contributed by atoms with E-state index in [0.29, 0.717) is 5.70 Å². The van der Waals surface area contributed by atoms with Gasteiger partial charge in [-0.2, -0.15) is 0 Å². The van der Waals surface area contributed by atoms with E-state index in [1.165, 1.54) is 72.1 Å². The molecule has 1 amide bonds. The number of unbranched alkanes of at least 4 members (excludes halogenated alkanes) is 3. The van der Waals surface area contributed by atoms with E-state index in [0.717, 1.165) is 0 Å². The van der Waals surface area contributed by atoms with Gasteiger partial charge in [0.25, 0.3) is 0 Å². The Morgan fingerprint density at radius 1 is 1.06 bits per heavy atom. The zero-order chi connectivity index (χ0) is 26.0. The fraction of sp³-hybridized carbons (Fsp3) is 0.679. The van der Waals surface area contributed by atoms with E-state index in [1.807, 2.05) is 19.1 Å². The van der Waals surface area contributed by atoms with Crippen LogP contribution in [-0.2, 0) is 19.0 Å². The topological polar surface area (TPSA) is 80.3 Å². The number of carbonyl (C=O) groups excluding carboxylic acids is 1. The van der Waals surface area contributed by atoms with Gasteiger partial charge in [-0.25, -0.2) is 0 Å². The molecular weight excluding hydrogens is 549 g/mol. The molecule has 7 heteroatoms. The average molecular weight is 596 g/mol. The summed E-state index contributed by atoms with van der Waals surface area (Å²) in [5.41, 5.74) is -0.937. The Balaban J connectivity index is 2.44. The number of carbonyl (C=O) groups is 1. The summed E-state index contributed by atoms with van der Waals surface area (Å²) >= 11 is -2.63. The zero-order valence-corrected chi connectivity index (χ0v) is 25.5. The van der Waals surface area contributed by atoms with Crippen molar-refractivity contribution >= 4 is 24.3 Å². The molecule has 1 saturated heterocycles. The van der Waals surface area contributed by atoms with E-state index in [2.05, 4.69) is 30.2 Å². The summed E-state index contributed by atoms with van der Waals surface area (Å²) in [4.78, 5) is 12.6. The first-order valence-corrected chi connectivity index (χ1v) is 21.0. The third kappa shape index (κ3) is 7.54. The molecule has 1 fully saturated rings. The Kier molecular flexibility index (Phi) is 12.2. The van der Waals surface area contributed by atoms with Crippen molar-refractivity contribution in [1.82, 2.24) is 5.32 Å². The van der Waals surface area contributed by atoms with Crippen LogP contribution < -0.4 is 5.32 Å². The van der Waals surface area contributed by atoms with Crippen LogP contribution in [0.15, 0.2) is 46.2 Å². The van der Waals surface area contributed by atoms with Crippen LogP contribution in [-0.4, -0.2) is 67.2 Å². The summed E-state index contributed by atoms with van der Waals surface area (Å²) in [6.45, 7) is 8.66. The molecule has 0 radical (unpaired) electrons. The maximum absolute atomic E-state index is 12.6. The molecule has 35 heavy (non-hydrogen) atoms. The normalized spacial score (nSPS) is 25.9. The van der Waals surface area contributed by atoms with Crippen LogP contribution in [0.3, 0.4) is 0 Å². The van der Waals surface area contributed by atoms with Gasteiger partial charge in [0.05, 0.1) is 0 Å². The Morgan fingerprint density at radius 2 is 1.63 bits per heavy atom. The number of ether oxygens (including phenoxy) is 3. The molecule has 198 valence electrons. The molecule has 0 unspecified atom stereocenters. The molecule has 0 aromatic heterocycles. The van der Waals surface area contributed by atoms with Gasteiger partial charge in [0, 0.05) is 0 Å². The number of nitrogens with one attached hydrogen (secondary N) is 1. The van der Waals surface area contributed by atoms with Gasteiger partial charge in [0.15, 0.2) is 0 Å². The van der Waals surface area contributed by atoms with Gasteiger partial charge < -0.3 is 0 Å². The molecule has 1 aliphatic carbocycles. The van der Waals surface area contributed by atoms with E-state index in [1.54, 1.807) is 18.2 Å². The van der Waals surface area contributed by atoms with E-state index in [4.69, 9.17) is 14.2 Å². The van der Waals surface area contributed by atoms with Crippen molar-refractivity contribution in [1.29, 1.82) is 0 Å². The Bertz CT molecular complexity index is 779. The molecule has 0 saturated carbocycles. The number of aliphatic hydroxyl groups is 1. The first kappa shape index (κ1) is 30.3. The molecule has 0 aromatic carbocycles. The summed E-state index contributed by atoms with van der Waals surface area (Å²) in [7, 11) is 3.06. The van der Waals surface area contributed by atoms with Crippen LogP contribution in [0.25, 0.3) is 0 Å². The molecule has 1 heterocycles. The van der Waals surface area contributed by atoms with Crippen molar-refractivity contribution in [2.24, 2.45) is 0 Å². The Labute approximate surface area is 216 Å². The van der Waals surface area contributed by atoms with E-state index in [-0.39, 0.29) is 5.91 Å². The minimum absolute atomic E-state index is 0.319. The van der Waals surface area contributed by atoms with Crippen molar-refractivity contribution in [2.75, 3.05) is 14.2 Å². The van der Waals surface area contributed by atoms with Crippen LogP contribution in [0.1, 0.15) is 66.2 Å². The van der Waals surface area contributed by atoms with Gasteiger partial charge in [-0.1, -0.05) is 0 Å². The van der Waals surface area contributed by atoms with Crippen LogP contribution in [0.4, 0.5) is 0 Å². The second-order valence-corrected chi connectivity index (χ2v) is 22.9. The number of amides is 1.